The van der Waals surface area contributed by atoms with Gasteiger partial charge in [-0.3, -0.25) is 0 Å². The SMILES string of the molecule is CCCCC1CCC(c2ccc(C(F)(F)F)cc2F)CC1. The highest BCUT2D eigenvalue weighted by atomic mass is 19.4. The van der Waals surface area contributed by atoms with E-state index in [2.05, 4.69) is 6.92 Å². The molecule has 1 aromatic rings. The molecule has 1 fully saturated rings. The van der Waals surface area contributed by atoms with Crippen LogP contribution in [0.2, 0.25) is 0 Å². The first-order chi connectivity index (χ1) is 9.91. The van der Waals surface area contributed by atoms with E-state index in [9.17, 15) is 17.6 Å². The van der Waals surface area contributed by atoms with Crippen molar-refractivity contribution in [3.05, 3.63) is 35.1 Å². The van der Waals surface area contributed by atoms with Gasteiger partial charge in [-0.15, -0.1) is 0 Å². The van der Waals surface area contributed by atoms with E-state index < -0.39 is 17.6 Å². The molecular weight excluding hydrogens is 280 g/mol. The van der Waals surface area contributed by atoms with Crippen molar-refractivity contribution in [2.75, 3.05) is 0 Å². The van der Waals surface area contributed by atoms with E-state index in [1.165, 1.54) is 25.3 Å². The van der Waals surface area contributed by atoms with Crippen LogP contribution in [0.1, 0.15) is 68.9 Å². The molecule has 1 saturated carbocycles. The number of hydrogen-bond donors (Lipinski definition) is 0. The predicted molar refractivity (Wildman–Crippen MR) is 75.6 cm³/mol. The minimum absolute atomic E-state index is 0.0742. The first-order valence-corrected chi connectivity index (χ1v) is 7.78. The van der Waals surface area contributed by atoms with Crippen LogP contribution in [0.4, 0.5) is 17.6 Å². The van der Waals surface area contributed by atoms with Crippen LogP contribution < -0.4 is 0 Å². The topological polar surface area (TPSA) is 0 Å². The summed E-state index contributed by atoms with van der Waals surface area (Å²) in [7, 11) is 0. The summed E-state index contributed by atoms with van der Waals surface area (Å²) in [6, 6.07) is 2.97. The number of benzene rings is 1. The monoisotopic (exact) mass is 302 g/mol. The molecule has 118 valence electrons. The summed E-state index contributed by atoms with van der Waals surface area (Å²) >= 11 is 0. The van der Waals surface area contributed by atoms with E-state index in [0.29, 0.717) is 17.5 Å². The van der Waals surface area contributed by atoms with Crippen LogP contribution in [-0.2, 0) is 6.18 Å². The highest BCUT2D eigenvalue weighted by molar-refractivity contribution is 5.29. The van der Waals surface area contributed by atoms with Gasteiger partial charge in [0.25, 0.3) is 0 Å². The van der Waals surface area contributed by atoms with Crippen molar-refractivity contribution in [1.29, 1.82) is 0 Å². The molecular formula is C17H22F4. The Bertz CT molecular complexity index is 456. The van der Waals surface area contributed by atoms with Crippen LogP contribution in [0.15, 0.2) is 18.2 Å². The van der Waals surface area contributed by atoms with Crippen molar-refractivity contribution < 1.29 is 17.6 Å². The van der Waals surface area contributed by atoms with Gasteiger partial charge in [0.15, 0.2) is 0 Å². The summed E-state index contributed by atoms with van der Waals surface area (Å²) in [5.74, 6) is 0.0747. The van der Waals surface area contributed by atoms with Gasteiger partial charge in [0.05, 0.1) is 5.56 Å². The molecule has 0 amide bonds. The molecule has 0 aromatic heterocycles. The first kappa shape index (κ1) is 16.3. The highest BCUT2D eigenvalue weighted by Crippen LogP contribution is 2.39. The number of halogens is 4. The van der Waals surface area contributed by atoms with Gasteiger partial charge >= 0.3 is 6.18 Å². The molecule has 0 unspecified atom stereocenters. The summed E-state index contributed by atoms with van der Waals surface area (Å²) < 4.78 is 51.6. The third-order valence-electron chi connectivity index (χ3n) is 4.58. The summed E-state index contributed by atoms with van der Waals surface area (Å²) in [5.41, 5.74) is -0.447. The molecule has 21 heavy (non-hydrogen) atoms. The Labute approximate surface area is 123 Å². The fourth-order valence-corrected chi connectivity index (χ4v) is 3.29. The van der Waals surface area contributed by atoms with E-state index in [1.807, 2.05) is 0 Å². The largest absolute Gasteiger partial charge is 0.416 e. The summed E-state index contributed by atoms with van der Waals surface area (Å²) in [4.78, 5) is 0. The van der Waals surface area contributed by atoms with E-state index in [1.54, 1.807) is 0 Å². The molecule has 0 nitrogen and oxygen atoms in total. The second-order valence-electron chi connectivity index (χ2n) is 6.09. The van der Waals surface area contributed by atoms with Crippen LogP contribution in [-0.4, -0.2) is 0 Å². The van der Waals surface area contributed by atoms with Crippen LogP contribution in [0.5, 0.6) is 0 Å². The quantitative estimate of drug-likeness (QED) is 0.572. The third-order valence-corrected chi connectivity index (χ3v) is 4.58. The number of rotatable bonds is 4. The van der Waals surface area contributed by atoms with Crippen LogP contribution >= 0.6 is 0 Å². The van der Waals surface area contributed by atoms with Crippen molar-refractivity contribution in [3.8, 4) is 0 Å². The van der Waals surface area contributed by atoms with Gasteiger partial charge < -0.3 is 0 Å². The molecule has 1 aliphatic carbocycles. The Morgan fingerprint density at radius 2 is 1.76 bits per heavy atom. The Kier molecular flexibility index (Phi) is 5.28. The zero-order chi connectivity index (χ0) is 15.5. The van der Waals surface area contributed by atoms with Crippen LogP contribution in [0.25, 0.3) is 0 Å². The van der Waals surface area contributed by atoms with Gasteiger partial charge in [-0.05, 0) is 55.2 Å². The zero-order valence-corrected chi connectivity index (χ0v) is 12.3. The molecule has 0 bridgehead atoms. The lowest BCUT2D eigenvalue weighted by molar-refractivity contribution is -0.137. The number of alkyl halides is 3. The highest BCUT2D eigenvalue weighted by Gasteiger charge is 2.32. The predicted octanol–water partition coefficient (Wildman–Crippen LogP) is 6.31. The first-order valence-electron chi connectivity index (χ1n) is 7.78. The fourth-order valence-electron chi connectivity index (χ4n) is 3.29. The normalized spacial score (nSPS) is 23.3. The molecule has 0 radical (unpaired) electrons. The lowest BCUT2D eigenvalue weighted by Crippen LogP contribution is -2.15. The van der Waals surface area contributed by atoms with Crippen molar-refractivity contribution in [2.24, 2.45) is 5.92 Å². The van der Waals surface area contributed by atoms with Gasteiger partial charge in [0, 0.05) is 0 Å². The minimum atomic E-state index is -4.48. The van der Waals surface area contributed by atoms with E-state index in [4.69, 9.17) is 0 Å². The standard InChI is InChI=1S/C17H22F4/c1-2-3-4-12-5-7-13(8-6-12)15-10-9-14(11-16(15)18)17(19,20)21/h9-13H,2-8H2,1H3. The minimum Gasteiger partial charge on any atom is -0.207 e. The third kappa shape index (κ3) is 4.21. The molecule has 0 aliphatic heterocycles. The van der Waals surface area contributed by atoms with Crippen molar-refractivity contribution in [3.63, 3.8) is 0 Å². The Hall–Kier alpha value is -1.06. The number of hydrogen-bond acceptors (Lipinski definition) is 0. The summed E-state index contributed by atoms with van der Waals surface area (Å²) in [5, 5.41) is 0. The average Bonchev–Trinajstić information content (AvgIpc) is 2.45. The van der Waals surface area contributed by atoms with Crippen LogP contribution in [0.3, 0.4) is 0 Å². The van der Waals surface area contributed by atoms with E-state index >= 15 is 0 Å². The molecule has 0 saturated heterocycles. The summed E-state index contributed by atoms with van der Waals surface area (Å²) in [6.45, 7) is 2.17. The Morgan fingerprint density at radius 3 is 2.29 bits per heavy atom. The zero-order valence-electron chi connectivity index (χ0n) is 12.3. The Balaban J connectivity index is 2.00. The maximum absolute atomic E-state index is 14.0. The summed E-state index contributed by atoms with van der Waals surface area (Å²) in [6.07, 6.45) is 3.05. The van der Waals surface area contributed by atoms with E-state index in [-0.39, 0.29) is 5.92 Å². The molecule has 4 heteroatoms. The smallest absolute Gasteiger partial charge is 0.207 e. The van der Waals surface area contributed by atoms with Gasteiger partial charge in [0.1, 0.15) is 5.82 Å². The van der Waals surface area contributed by atoms with Crippen LogP contribution in [0, 0.1) is 11.7 Å². The second kappa shape index (κ2) is 6.80. The second-order valence-corrected chi connectivity index (χ2v) is 6.09. The molecule has 1 aliphatic rings. The molecule has 0 spiro atoms. The molecule has 1 aromatic carbocycles. The van der Waals surface area contributed by atoms with Gasteiger partial charge in [0.2, 0.25) is 0 Å². The maximum Gasteiger partial charge on any atom is 0.416 e. The van der Waals surface area contributed by atoms with Crippen molar-refractivity contribution >= 4 is 0 Å². The van der Waals surface area contributed by atoms with E-state index in [0.717, 1.165) is 31.7 Å². The lowest BCUT2D eigenvalue weighted by Gasteiger charge is -2.29. The average molecular weight is 302 g/mol. The molecule has 0 N–H and O–H groups in total. The fraction of sp³-hybridized carbons (Fsp3) is 0.647. The van der Waals surface area contributed by atoms with Gasteiger partial charge in [-0.1, -0.05) is 32.3 Å². The van der Waals surface area contributed by atoms with Crippen molar-refractivity contribution in [2.45, 2.75) is 64.0 Å². The molecule has 2 rings (SSSR count). The molecule has 0 atom stereocenters. The Morgan fingerprint density at radius 1 is 1.10 bits per heavy atom. The van der Waals surface area contributed by atoms with Gasteiger partial charge in [-0.2, -0.15) is 13.2 Å². The van der Waals surface area contributed by atoms with Crippen molar-refractivity contribution in [1.82, 2.24) is 0 Å². The number of unbranched alkanes of at least 4 members (excludes halogenated alkanes) is 1. The lowest BCUT2D eigenvalue weighted by atomic mass is 9.77. The van der Waals surface area contributed by atoms with Gasteiger partial charge in [-0.25, -0.2) is 4.39 Å². The molecule has 0 heterocycles. The maximum atomic E-state index is 14.0.